The van der Waals surface area contributed by atoms with Gasteiger partial charge >= 0.3 is 0 Å². The van der Waals surface area contributed by atoms with Crippen LogP contribution in [0.3, 0.4) is 0 Å². The second kappa shape index (κ2) is 7.19. The summed E-state index contributed by atoms with van der Waals surface area (Å²) in [4.78, 5) is 9.29. The maximum absolute atomic E-state index is 5.61. The van der Waals surface area contributed by atoms with Crippen LogP contribution >= 0.6 is 0 Å². The van der Waals surface area contributed by atoms with Gasteiger partial charge in [-0.25, -0.2) is 9.98 Å². The monoisotopic (exact) mass is 252 g/mol. The molecule has 0 aromatic carbocycles. The van der Waals surface area contributed by atoms with Gasteiger partial charge in [-0.3, -0.25) is 0 Å². The largest absolute Gasteiger partial charge is 0.480 e. The number of hydrogen-bond donors (Lipinski definition) is 0. The van der Waals surface area contributed by atoms with E-state index in [1.54, 1.807) is 0 Å². The summed E-state index contributed by atoms with van der Waals surface area (Å²) in [5.74, 6) is 1.78. The van der Waals surface area contributed by atoms with E-state index in [0.29, 0.717) is 25.0 Å². The zero-order chi connectivity index (χ0) is 13.5. The predicted octanol–water partition coefficient (Wildman–Crippen LogP) is 2.84. The SMILES string of the molecule is C=CCC1N=C(OCC)[C@H](C(C)C)N=C1OCC. The molecule has 0 aromatic rings. The first-order valence-electron chi connectivity index (χ1n) is 6.65. The second-order valence-electron chi connectivity index (χ2n) is 4.53. The lowest BCUT2D eigenvalue weighted by molar-refractivity contribution is 0.276. The Kier molecular flexibility index (Phi) is 5.89. The Morgan fingerprint density at radius 1 is 1.17 bits per heavy atom. The molecule has 1 rings (SSSR count). The molecule has 0 spiro atoms. The molecular weight excluding hydrogens is 228 g/mol. The van der Waals surface area contributed by atoms with Crippen LogP contribution in [0, 0.1) is 5.92 Å². The van der Waals surface area contributed by atoms with Crippen molar-refractivity contribution in [2.24, 2.45) is 15.9 Å². The molecule has 1 heterocycles. The topological polar surface area (TPSA) is 43.2 Å². The van der Waals surface area contributed by atoms with Crippen LogP contribution < -0.4 is 0 Å². The van der Waals surface area contributed by atoms with Gasteiger partial charge in [0.05, 0.1) is 13.2 Å². The standard InChI is InChI=1S/C14H24N2O2/c1-6-9-11-13(17-7-2)16-12(10(4)5)14(15-11)18-8-3/h6,10-12H,1,7-9H2,2-5H3/t11?,12-/m0/s1. The Morgan fingerprint density at radius 2 is 1.78 bits per heavy atom. The summed E-state index contributed by atoms with van der Waals surface area (Å²) in [6, 6.07) is -0.119. The fraction of sp³-hybridized carbons (Fsp3) is 0.714. The van der Waals surface area contributed by atoms with Crippen molar-refractivity contribution in [3.8, 4) is 0 Å². The molecule has 1 aliphatic rings. The normalized spacial score (nSPS) is 23.4. The number of nitrogens with zero attached hydrogens (tertiary/aromatic N) is 2. The van der Waals surface area contributed by atoms with Gasteiger partial charge in [0.15, 0.2) is 0 Å². The summed E-state index contributed by atoms with van der Waals surface area (Å²) >= 11 is 0. The average molecular weight is 252 g/mol. The fourth-order valence-corrected chi connectivity index (χ4v) is 1.86. The Bertz CT molecular complexity index is 335. The predicted molar refractivity (Wildman–Crippen MR) is 75.4 cm³/mol. The maximum atomic E-state index is 5.61. The van der Waals surface area contributed by atoms with Crippen LogP contribution in [0.15, 0.2) is 22.6 Å². The van der Waals surface area contributed by atoms with Crippen molar-refractivity contribution in [3.05, 3.63) is 12.7 Å². The van der Waals surface area contributed by atoms with E-state index in [4.69, 9.17) is 9.47 Å². The minimum Gasteiger partial charge on any atom is -0.480 e. The van der Waals surface area contributed by atoms with Gasteiger partial charge < -0.3 is 9.47 Å². The quantitative estimate of drug-likeness (QED) is 0.706. The second-order valence-corrected chi connectivity index (χ2v) is 4.53. The third-order valence-electron chi connectivity index (χ3n) is 2.69. The number of ether oxygens (including phenoxy) is 2. The van der Waals surface area contributed by atoms with Gasteiger partial charge in [0.2, 0.25) is 11.8 Å². The summed E-state index contributed by atoms with van der Waals surface area (Å²) in [7, 11) is 0. The van der Waals surface area contributed by atoms with Crippen LogP contribution in [0.1, 0.15) is 34.1 Å². The van der Waals surface area contributed by atoms with Gasteiger partial charge in [0, 0.05) is 0 Å². The van der Waals surface area contributed by atoms with E-state index in [9.17, 15) is 0 Å². The molecule has 4 heteroatoms. The van der Waals surface area contributed by atoms with Crippen molar-refractivity contribution in [1.29, 1.82) is 0 Å². The van der Waals surface area contributed by atoms with Gasteiger partial charge in [0.25, 0.3) is 0 Å². The Hall–Kier alpha value is -1.32. The molecule has 102 valence electrons. The molecule has 0 N–H and O–H groups in total. The maximum Gasteiger partial charge on any atom is 0.210 e. The molecule has 0 radical (unpaired) electrons. The Balaban J connectivity index is 2.96. The van der Waals surface area contributed by atoms with Crippen molar-refractivity contribution >= 4 is 11.8 Å². The van der Waals surface area contributed by atoms with Crippen LogP contribution in [-0.4, -0.2) is 37.1 Å². The fourth-order valence-electron chi connectivity index (χ4n) is 1.86. The van der Waals surface area contributed by atoms with Crippen molar-refractivity contribution < 1.29 is 9.47 Å². The van der Waals surface area contributed by atoms with E-state index in [2.05, 4.69) is 30.4 Å². The zero-order valence-corrected chi connectivity index (χ0v) is 11.8. The molecule has 0 saturated carbocycles. The summed E-state index contributed by atoms with van der Waals surface area (Å²) in [6.45, 7) is 13.1. The highest BCUT2D eigenvalue weighted by Gasteiger charge is 2.30. The van der Waals surface area contributed by atoms with Gasteiger partial charge in [-0.1, -0.05) is 19.9 Å². The molecule has 0 amide bonds. The first-order valence-corrected chi connectivity index (χ1v) is 6.65. The minimum atomic E-state index is -0.0843. The molecule has 0 aliphatic carbocycles. The van der Waals surface area contributed by atoms with Crippen LogP contribution in [-0.2, 0) is 9.47 Å². The molecule has 4 nitrogen and oxygen atoms in total. The van der Waals surface area contributed by atoms with Crippen LogP contribution in [0.5, 0.6) is 0 Å². The highest BCUT2D eigenvalue weighted by atomic mass is 16.5. The van der Waals surface area contributed by atoms with Gasteiger partial charge in [-0.05, 0) is 26.2 Å². The first kappa shape index (κ1) is 14.7. The lowest BCUT2D eigenvalue weighted by Crippen LogP contribution is -2.38. The molecule has 0 saturated heterocycles. The summed E-state index contributed by atoms with van der Waals surface area (Å²) < 4.78 is 11.2. The molecule has 0 bridgehead atoms. The third-order valence-corrected chi connectivity index (χ3v) is 2.69. The molecule has 0 aromatic heterocycles. The van der Waals surface area contributed by atoms with Crippen molar-refractivity contribution in [3.63, 3.8) is 0 Å². The summed E-state index contributed by atoms with van der Waals surface area (Å²) in [6.07, 6.45) is 2.56. The summed E-state index contributed by atoms with van der Waals surface area (Å²) in [5, 5.41) is 0. The van der Waals surface area contributed by atoms with E-state index in [0.717, 1.165) is 12.3 Å². The van der Waals surface area contributed by atoms with E-state index in [1.165, 1.54) is 0 Å². The van der Waals surface area contributed by atoms with Crippen molar-refractivity contribution in [2.45, 2.75) is 46.2 Å². The Labute approximate surface area is 110 Å². The van der Waals surface area contributed by atoms with Crippen LogP contribution in [0.25, 0.3) is 0 Å². The molecule has 1 unspecified atom stereocenters. The molecule has 2 atom stereocenters. The Morgan fingerprint density at radius 3 is 2.28 bits per heavy atom. The first-order chi connectivity index (χ1) is 8.63. The average Bonchev–Trinajstić information content (AvgIpc) is 2.32. The van der Waals surface area contributed by atoms with Gasteiger partial charge in [-0.15, -0.1) is 6.58 Å². The van der Waals surface area contributed by atoms with Crippen LogP contribution in [0.2, 0.25) is 0 Å². The highest BCUT2D eigenvalue weighted by Crippen LogP contribution is 2.19. The smallest absolute Gasteiger partial charge is 0.210 e. The van der Waals surface area contributed by atoms with Gasteiger partial charge in [-0.2, -0.15) is 0 Å². The van der Waals surface area contributed by atoms with E-state index < -0.39 is 0 Å². The lowest BCUT2D eigenvalue weighted by Gasteiger charge is -2.27. The number of rotatable bonds is 5. The van der Waals surface area contributed by atoms with Gasteiger partial charge in [0.1, 0.15) is 12.1 Å². The molecule has 0 fully saturated rings. The third kappa shape index (κ3) is 3.59. The zero-order valence-electron chi connectivity index (χ0n) is 11.8. The molecular formula is C14H24N2O2. The van der Waals surface area contributed by atoms with E-state index in [-0.39, 0.29) is 12.1 Å². The number of hydrogen-bond acceptors (Lipinski definition) is 4. The van der Waals surface area contributed by atoms with Crippen LogP contribution in [0.4, 0.5) is 0 Å². The van der Waals surface area contributed by atoms with E-state index >= 15 is 0 Å². The lowest BCUT2D eigenvalue weighted by atomic mass is 10.0. The molecule has 18 heavy (non-hydrogen) atoms. The van der Waals surface area contributed by atoms with Crippen molar-refractivity contribution in [2.75, 3.05) is 13.2 Å². The summed E-state index contributed by atoms with van der Waals surface area (Å²) in [5.41, 5.74) is 0. The number of aliphatic imine (C=N–C) groups is 2. The highest BCUT2D eigenvalue weighted by molar-refractivity contribution is 5.94. The van der Waals surface area contributed by atoms with E-state index in [1.807, 2.05) is 19.9 Å². The molecule has 1 aliphatic heterocycles. The van der Waals surface area contributed by atoms with Crippen molar-refractivity contribution in [1.82, 2.24) is 0 Å². The minimum absolute atomic E-state index is 0.0347.